The molecule has 5 heteroatoms. The minimum Gasteiger partial charge on any atom is -0.444 e. The second-order valence-corrected chi connectivity index (χ2v) is 6.86. The molecule has 2 aromatic rings. The largest absolute Gasteiger partial charge is 0.444 e. The van der Waals surface area contributed by atoms with Gasteiger partial charge in [0.25, 0.3) is 5.91 Å². The molecule has 1 amide bonds. The number of halogens is 2. The van der Waals surface area contributed by atoms with E-state index >= 15 is 0 Å². The van der Waals surface area contributed by atoms with Gasteiger partial charge in [0.2, 0.25) is 0 Å². The number of rotatable bonds is 4. The molecule has 0 aliphatic rings. The van der Waals surface area contributed by atoms with Gasteiger partial charge in [-0.15, -0.1) is 0 Å². The first kappa shape index (κ1) is 16.1. The molecule has 2 rings (SSSR count). The second-order valence-electron chi connectivity index (χ2n) is 5.64. The summed E-state index contributed by atoms with van der Waals surface area (Å²) < 4.78 is 5.90. The minimum absolute atomic E-state index is 0.215. The SMILES string of the molecule is Cc1cc(Br)oc1C(=O)NCC(C)(C)c1cccc(Cl)c1. The molecule has 0 radical (unpaired) electrons. The van der Waals surface area contributed by atoms with Gasteiger partial charge in [0.05, 0.1) is 0 Å². The van der Waals surface area contributed by atoms with Crippen LogP contribution < -0.4 is 5.32 Å². The summed E-state index contributed by atoms with van der Waals surface area (Å²) in [6.07, 6.45) is 0. The Bertz CT molecular complexity index is 664. The van der Waals surface area contributed by atoms with Gasteiger partial charge in [-0.2, -0.15) is 0 Å². The highest BCUT2D eigenvalue weighted by Gasteiger charge is 2.23. The fourth-order valence-corrected chi connectivity index (χ4v) is 2.76. The predicted octanol–water partition coefficient (Wildman–Crippen LogP) is 4.71. The summed E-state index contributed by atoms with van der Waals surface area (Å²) in [7, 11) is 0. The Morgan fingerprint density at radius 3 is 2.67 bits per heavy atom. The van der Waals surface area contributed by atoms with E-state index in [0.29, 0.717) is 22.0 Å². The van der Waals surface area contributed by atoms with Crippen LogP contribution in [0.25, 0.3) is 0 Å². The minimum atomic E-state index is -0.224. The number of furan rings is 1. The molecule has 0 aliphatic heterocycles. The highest BCUT2D eigenvalue weighted by molar-refractivity contribution is 9.10. The molecule has 112 valence electrons. The van der Waals surface area contributed by atoms with Crippen LogP contribution in [0.2, 0.25) is 5.02 Å². The predicted molar refractivity (Wildman–Crippen MR) is 88.0 cm³/mol. The molecule has 0 unspecified atom stereocenters. The summed E-state index contributed by atoms with van der Waals surface area (Å²) in [5.41, 5.74) is 1.66. The zero-order chi connectivity index (χ0) is 15.6. The van der Waals surface area contributed by atoms with Crippen molar-refractivity contribution in [3.05, 3.63) is 56.9 Å². The van der Waals surface area contributed by atoms with Crippen LogP contribution in [0.4, 0.5) is 0 Å². The third kappa shape index (κ3) is 3.89. The van der Waals surface area contributed by atoms with Crippen LogP contribution in [-0.4, -0.2) is 12.5 Å². The van der Waals surface area contributed by atoms with Crippen LogP contribution in [0.15, 0.2) is 39.4 Å². The van der Waals surface area contributed by atoms with E-state index in [1.54, 1.807) is 6.07 Å². The molecule has 21 heavy (non-hydrogen) atoms. The third-order valence-electron chi connectivity index (χ3n) is 3.39. The number of hydrogen-bond donors (Lipinski definition) is 1. The van der Waals surface area contributed by atoms with Gasteiger partial charge in [0, 0.05) is 22.5 Å². The highest BCUT2D eigenvalue weighted by atomic mass is 79.9. The Kier molecular flexibility index (Phi) is 4.79. The third-order valence-corrected chi connectivity index (χ3v) is 4.02. The van der Waals surface area contributed by atoms with Crippen molar-refractivity contribution < 1.29 is 9.21 Å². The zero-order valence-electron chi connectivity index (χ0n) is 12.2. The standard InChI is InChI=1S/C16H17BrClNO2/c1-10-7-13(17)21-14(10)15(20)19-9-16(2,3)11-5-4-6-12(18)8-11/h4-8H,9H2,1-3H3,(H,19,20). The molecule has 1 aromatic heterocycles. The topological polar surface area (TPSA) is 42.2 Å². The lowest BCUT2D eigenvalue weighted by Gasteiger charge is -2.25. The molecule has 1 N–H and O–H groups in total. The fourth-order valence-electron chi connectivity index (χ4n) is 2.06. The monoisotopic (exact) mass is 369 g/mol. The van der Waals surface area contributed by atoms with Crippen molar-refractivity contribution >= 4 is 33.4 Å². The highest BCUT2D eigenvalue weighted by Crippen LogP contribution is 2.25. The van der Waals surface area contributed by atoms with Crippen LogP contribution in [0, 0.1) is 6.92 Å². The maximum atomic E-state index is 12.2. The number of hydrogen-bond acceptors (Lipinski definition) is 2. The lowest BCUT2D eigenvalue weighted by molar-refractivity contribution is 0.0915. The van der Waals surface area contributed by atoms with Crippen LogP contribution in [-0.2, 0) is 5.41 Å². The quantitative estimate of drug-likeness (QED) is 0.846. The van der Waals surface area contributed by atoms with Crippen LogP contribution in [0.1, 0.15) is 35.5 Å². The van der Waals surface area contributed by atoms with Gasteiger partial charge in [0.1, 0.15) is 0 Å². The number of aryl methyl sites for hydroxylation is 1. The van der Waals surface area contributed by atoms with Crippen molar-refractivity contribution in [3.8, 4) is 0 Å². The van der Waals surface area contributed by atoms with E-state index in [9.17, 15) is 4.79 Å². The van der Waals surface area contributed by atoms with Gasteiger partial charge in [-0.25, -0.2) is 0 Å². The molecule has 0 saturated heterocycles. The summed E-state index contributed by atoms with van der Waals surface area (Å²) in [6, 6.07) is 9.45. The Hall–Kier alpha value is -1.26. The van der Waals surface area contributed by atoms with Gasteiger partial charge in [-0.1, -0.05) is 37.6 Å². The van der Waals surface area contributed by atoms with Crippen LogP contribution in [0.3, 0.4) is 0 Å². The van der Waals surface area contributed by atoms with E-state index in [1.165, 1.54) is 0 Å². The van der Waals surface area contributed by atoms with Gasteiger partial charge < -0.3 is 9.73 Å². The number of carbonyl (C=O) groups is 1. The van der Waals surface area contributed by atoms with E-state index in [0.717, 1.165) is 11.1 Å². The lowest BCUT2D eigenvalue weighted by Crippen LogP contribution is -2.36. The molecular formula is C16H17BrClNO2. The maximum Gasteiger partial charge on any atom is 0.287 e. The van der Waals surface area contributed by atoms with Crippen LogP contribution in [0.5, 0.6) is 0 Å². The maximum absolute atomic E-state index is 12.2. The molecule has 0 bridgehead atoms. The molecule has 1 heterocycles. The van der Waals surface area contributed by atoms with E-state index in [2.05, 4.69) is 35.1 Å². The van der Waals surface area contributed by atoms with E-state index in [-0.39, 0.29) is 11.3 Å². The van der Waals surface area contributed by atoms with Crippen molar-refractivity contribution in [1.29, 1.82) is 0 Å². The Morgan fingerprint density at radius 2 is 2.10 bits per heavy atom. The first-order valence-corrected chi connectivity index (χ1v) is 7.77. The molecule has 1 aromatic carbocycles. The van der Waals surface area contributed by atoms with Gasteiger partial charge >= 0.3 is 0 Å². The summed E-state index contributed by atoms with van der Waals surface area (Å²) in [4.78, 5) is 12.2. The van der Waals surface area contributed by atoms with E-state index < -0.39 is 0 Å². The summed E-state index contributed by atoms with van der Waals surface area (Å²) in [6.45, 7) is 6.45. The second kappa shape index (κ2) is 6.24. The number of benzene rings is 1. The first-order valence-electron chi connectivity index (χ1n) is 6.60. The summed E-state index contributed by atoms with van der Waals surface area (Å²) >= 11 is 9.25. The Morgan fingerprint density at radius 1 is 1.38 bits per heavy atom. The smallest absolute Gasteiger partial charge is 0.287 e. The van der Waals surface area contributed by atoms with Gasteiger partial charge in [0.15, 0.2) is 10.4 Å². The summed E-state index contributed by atoms with van der Waals surface area (Å²) in [5, 5.41) is 3.61. The zero-order valence-corrected chi connectivity index (χ0v) is 14.5. The van der Waals surface area contributed by atoms with Crippen molar-refractivity contribution in [2.45, 2.75) is 26.2 Å². The molecule has 3 nitrogen and oxygen atoms in total. The lowest BCUT2D eigenvalue weighted by atomic mass is 9.84. The van der Waals surface area contributed by atoms with Gasteiger partial charge in [-0.05, 0) is 46.6 Å². The number of carbonyl (C=O) groups excluding carboxylic acids is 1. The molecular weight excluding hydrogens is 354 g/mol. The average molecular weight is 371 g/mol. The van der Waals surface area contributed by atoms with Crippen molar-refractivity contribution in [2.24, 2.45) is 0 Å². The van der Waals surface area contributed by atoms with Crippen LogP contribution >= 0.6 is 27.5 Å². The Balaban J connectivity index is 2.08. The number of amides is 1. The Labute approximate surface area is 137 Å². The summed E-state index contributed by atoms with van der Waals surface area (Å²) in [5.74, 6) is 0.122. The average Bonchev–Trinajstić information content (AvgIpc) is 2.75. The first-order chi connectivity index (χ1) is 9.79. The van der Waals surface area contributed by atoms with E-state index in [4.69, 9.17) is 16.0 Å². The molecule has 0 saturated carbocycles. The number of nitrogens with one attached hydrogen (secondary N) is 1. The molecule has 0 fully saturated rings. The molecule has 0 spiro atoms. The fraction of sp³-hybridized carbons (Fsp3) is 0.312. The molecule has 0 atom stereocenters. The van der Waals surface area contributed by atoms with Crippen molar-refractivity contribution in [1.82, 2.24) is 5.32 Å². The normalized spacial score (nSPS) is 11.5. The van der Waals surface area contributed by atoms with Gasteiger partial charge in [-0.3, -0.25) is 4.79 Å². The van der Waals surface area contributed by atoms with Crippen molar-refractivity contribution in [2.75, 3.05) is 6.54 Å². The van der Waals surface area contributed by atoms with Crippen molar-refractivity contribution in [3.63, 3.8) is 0 Å². The van der Waals surface area contributed by atoms with E-state index in [1.807, 2.05) is 31.2 Å². The molecule has 0 aliphatic carbocycles.